The number of hydrogen-bond acceptors (Lipinski definition) is 2. The minimum atomic E-state index is 0.299. The van der Waals surface area contributed by atoms with Gasteiger partial charge in [0, 0.05) is 6.61 Å². The molecule has 0 aliphatic heterocycles. The van der Waals surface area contributed by atoms with Crippen molar-refractivity contribution in [1.29, 1.82) is 0 Å². The van der Waals surface area contributed by atoms with E-state index in [4.69, 9.17) is 5.11 Å². The number of nitrogens with one attached hydrogen (secondary N) is 1. The minimum Gasteiger partial charge on any atom is -0.396 e. The summed E-state index contributed by atoms with van der Waals surface area (Å²) in [7, 11) is 0. The molecule has 0 fully saturated rings. The number of allylic oxidation sites excluding steroid dienone is 2. The maximum Gasteiger partial charge on any atom is 0.0443 e. The van der Waals surface area contributed by atoms with Crippen molar-refractivity contribution < 1.29 is 5.11 Å². The molecule has 0 radical (unpaired) electrons. The van der Waals surface area contributed by atoms with Gasteiger partial charge < -0.3 is 10.4 Å². The van der Waals surface area contributed by atoms with Gasteiger partial charge >= 0.3 is 0 Å². The summed E-state index contributed by atoms with van der Waals surface area (Å²) in [4.78, 5) is 0. The highest BCUT2D eigenvalue weighted by Crippen LogP contribution is 2.26. The Bertz CT molecular complexity index is 189. The summed E-state index contributed by atoms with van der Waals surface area (Å²) in [5, 5.41) is 12.0. The first-order valence-corrected chi connectivity index (χ1v) is 5.71. The fourth-order valence-corrected chi connectivity index (χ4v) is 2.35. The van der Waals surface area contributed by atoms with Crippen molar-refractivity contribution in [2.75, 3.05) is 19.7 Å². The van der Waals surface area contributed by atoms with E-state index in [1.807, 2.05) is 0 Å². The largest absolute Gasteiger partial charge is 0.396 e. The Morgan fingerprint density at radius 2 is 2.36 bits per heavy atom. The van der Waals surface area contributed by atoms with Gasteiger partial charge in [0.1, 0.15) is 0 Å². The van der Waals surface area contributed by atoms with E-state index in [1.165, 1.54) is 18.4 Å². The molecule has 0 spiro atoms. The second-order valence-electron chi connectivity index (χ2n) is 4.58. The van der Waals surface area contributed by atoms with E-state index in [2.05, 4.69) is 25.2 Å². The molecule has 0 saturated carbocycles. The third kappa shape index (κ3) is 4.25. The molecule has 2 atom stereocenters. The van der Waals surface area contributed by atoms with E-state index >= 15 is 0 Å². The van der Waals surface area contributed by atoms with Crippen molar-refractivity contribution in [2.24, 2.45) is 11.8 Å². The van der Waals surface area contributed by atoms with Crippen LogP contribution in [0.4, 0.5) is 0 Å². The summed E-state index contributed by atoms with van der Waals surface area (Å²) in [5.74, 6) is 1.54. The molecule has 0 saturated heterocycles. The molecule has 0 aromatic carbocycles. The van der Waals surface area contributed by atoms with Gasteiger partial charge in [0.2, 0.25) is 0 Å². The van der Waals surface area contributed by atoms with Gasteiger partial charge in [-0.05, 0) is 51.1 Å². The molecule has 0 aromatic rings. The summed E-state index contributed by atoms with van der Waals surface area (Å²) in [6, 6.07) is 0. The predicted molar refractivity (Wildman–Crippen MR) is 60.2 cm³/mol. The second kappa shape index (κ2) is 6.20. The van der Waals surface area contributed by atoms with Crippen LogP contribution in [-0.4, -0.2) is 24.8 Å². The SMILES string of the molecule is CC1=CC(C)CC(CNCCCO)C1. The maximum atomic E-state index is 8.64. The Morgan fingerprint density at radius 3 is 3.00 bits per heavy atom. The van der Waals surface area contributed by atoms with Crippen LogP contribution >= 0.6 is 0 Å². The lowest BCUT2D eigenvalue weighted by atomic mass is 9.84. The third-order valence-electron chi connectivity index (χ3n) is 2.83. The van der Waals surface area contributed by atoms with Gasteiger partial charge in [-0.25, -0.2) is 0 Å². The third-order valence-corrected chi connectivity index (χ3v) is 2.83. The van der Waals surface area contributed by atoms with Crippen molar-refractivity contribution in [2.45, 2.75) is 33.1 Å². The summed E-state index contributed by atoms with van der Waals surface area (Å²) >= 11 is 0. The van der Waals surface area contributed by atoms with Crippen LogP contribution in [0.2, 0.25) is 0 Å². The van der Waals surface area contributed by atoms with Crippen LogP contribution in [0.25, 0.3) is 0 Å². The van der Waals surface area contributed by atoms with Crippen LogP contribution < -0.4 is 5.32 Å². The summed E-state index contributed by atoms with van der Waals surface area (Å²) in [6.07, 6.45) is 5.82. The summed E-state index contributed by atoms with van der Waals surface area (Å²) < 4.78 is 0. The van der Waals surface area contributed by atoms with Crippen LogP contribution in [0, 0.1) is 11.8 Å². The Morgan fingerprint density at radius 1 is 1.57 bits per heavy atom. The normalized spacial score (nSPS) is 27.5. The zero-order valence-corrected chi connectivity index (χ0v) is 9.42. The van der Waals surface area contributed by atoms with Gasteiger partial charge in [-0.1, -0.05) is 18.6 Å². The van der Waals surface area contributed by atoms with Gasteiger partial charge in [-0.15, -0.1) is 0 Å². The Balaban J connectivity index is 2.16. The average Bonchev–Trinajstić information content (AvgIpc) is 2.11. The van der Waals surface area contributed by atoms with E-state index < -0.39 is 0 Å². The van der Waals surface area contributed by atoms with Gasteiger partial charge in [0.25, 0.3) is 0 Å². The molecule has 82 valence electrons. The van der Waals surface area contributed by atoms with Crippen molar-refractivity contribution in [3.63, 3.8) is 0 Å². The first kappa shape index (κ1) is 11.7. The highest BCUT2D eigenvalue weighted by molar-refractivity contribution is 5.06. The predicted octanol–water partition coefficient (Wildman–Crippen LogP) is 1.95. The molecule has 1 rings (SSSR count). The molecule has 0 aromatic heterocycles. The molecule has 14 heavy (non-hydrogen) atoms. The molecular weight excluding hydrogens is 174 g/mol. The van der Waals surface area contributed by atoms with Crippen molar-refractivity contribution in [3.05, 3.63) is 11.6 Å². The molecule has 1 aliphatic carbocycles. The highest BCUT2D eigenvalue weighted by atomic mass is 16.3. The fourth-order valence-electron chi connectivity index (χ4n) is 2.35. The zero-order chi connectivity index (χ0) is 10.4. The van der Waals surface area contributed by atoms with E-state index in [1.54, 1.807) is 0 Å². The number of aliphatic hydroxyl groups excluding tert-OH is 1. The quantitative estimate of drug-likeness (QED) is 0.521. The Hall–Kier alpha value is -0.340. The lowest BCUT2D eigenvalue weighted by Crippen LogP contribution is -2.27. The second-order valence-corrected chi connectivity index (χ2v) is 4.58. The molecular formula is C12H23NO. The molecule has 0 bridgehead atoms. The molecule has 2 N–H and O–H groups in total. The Labute approximate surface area is 87.4 Å². The van der Waals surface area contributed by atoms with Crippen LogP contribution in [-0.2, 0) is 0 Å². The maximum absolute atomic E-state index is 8.64. The molecule has 2 unspecified atom stereocenters. The van der Waals surface area contributed by atoms with Gasteiger partial charge in [0.05, 0.1) is 0 Å². The van der Waals surface area contributed by atoms with Gasteiger partial charge in [0.15, 0.2) is 0 Å². The van der Waals surface area contributed by atoms with Crippen LogP contribution in [0.5, 0.6) is 0 Å². The molecule has 2 heteroatoms. The van der Waals surface area contributed by atoms with Crippen molar-refractivity contribution in [3.8, 4) is 0 Å². The standard InChI is InChI=1S/C12H23NO/c1-10-6-11(2)8-12(7-10)9-13-4-3-5-14/h6,10,12-14H,3-5,7-9H2,1-2H3. The van der Waals surface area contributed by atoms with Gasteiger partial charge in [-0.2, -0.15) is 0 Å². The first-order chi connectivity index (χ1) is 6.72. The number of rotatable bonds is 5. The monoisotopic (exact) mass is 197 g/mol. The van der Waals surface area contributed by atoms with Crippen LogP contribution in [0.15, 0.2) is 11.6 Å². The molecule has 0 amide bonds. The molecule has 2 nitrogen and oxygen atoms in total. The fraction of sp³-hybridized carbons (Fsp3) is 0.833. The lowest BCUT2D eigenvalue weighted by Gasteiger charge is -2.25. The van der Waals surface area contributed by atoms with E-state index in [-0.39, 0.29) is 0 Å². The lowest BCUT2D eigenvalue weighted by molar-refractivity contribution is 0.282. The topological polar surface area (TPSA) is 32.3 Å². The van der Waals surface area contributed by atoms with E-state index in [9.17, 15) is 0 Å². The minimum absolute atomic E-state index is 0.299. The van der Waals surface area contributed by atoms with Crippen molar-refractivity contribution >= 4 is 0 Å². The smallest absolute Gasteiger partial charge is 0.0443 e. The van der Waals surface area contributed by atoms with Crippen molar-refractivity contribution in [1.82, 2.24) is 5.32 Å². The molecule has 1 aliphatic rings. The highest BCUT2D eigenvalue weighted by Gasteiger charge is 2.17. The van der Waals surface area contributed by atoms with Crippen LogP contribution in [0.3, 0.4) is 0 Å². The Kier molecular flexibility index (Phi) is 5.20. The zero-order valence-electron chi connectivity index (χ0n) is 9.42. The average molecular weight is 197 g/mol. The van der Waals surface area contributed by atoms with E-state index in [0.29, 0.717) is 6.61 Å². The number of aliphatic hydroxyl groups is 1. The van der Waals surface area contributed by atoms with Crippen LogP contribution in [0.1, 0.15) is 33.1 Å². The van der Waals surface area contributed by atoms with E-state index in [0.717, 1.165) is 31.3 Å². The first-order valence-electron chi connectivity index (χ1n) is 5.71. The molecule has 0 heterocycles. The van der Waals surface area contributed by atoms with Gasteiger partial charge in [-0.3, -0.25) is 0 Å². The number of hydrogen-bond donors (Lipinski definition) is 2. The summed E-state index contributed by atoms with van der Waals surface area (Å²) in [5.41, 5.74) is 1.54. The summed E-state index contributed by atoms with van der Waals surface area (Å²) in [6.45, 7) is 6.88.